The van der Waals surface area contributed by atoms with Crippen LogP contribution in [0.2, 0.25) is 0 Å². The summed E-state index contributed by atoms with van der Waals surface area (Å²) in [4.78, 5) is 20.9. The van der Waals surface area contributed by atoms with Crippen molar-refractivity contribution in [2.75, 3.05) is 0 Å². The van der Waals surface area contributed by atoms with E-state index < -0.39 is 0 Å². The molecule has 0 unspecified atom stereocenters. The quantitative estimate of drug-likeness (QED) is 0.728. The largest absolute Gasteiger partial charge is 0.293 e. The summed E-state index contributed by atoms with van der Waals surface area (Å²) in [6.07, 6.45) is 4.87. The minimum absolute atomic E-state index is 0.0585. The maximum Gasteiger partial charge on any atom is 0.261 e. The number of aromatic nitrogens is 3. The predicted octanol–water partition coefficient (Wildman–Crippen LogP) is 2.35. The lowest BCUT2D eigenvalue weighted by atomic mass is 10.1. The van der Waals surface area contributed by atoms with Crippen molar-refractivity contribution < 1.29 is 0 Å². The molecule has 0 aliphatic rings. The van der Waals surface area contributed by atoms with E-state index in [1.807, 2.05) is 48.5 Å². The molecule has 3 rings (SSSR count). The Hall–Kier alpha value is -2.75. The molecule has 4 heteroatoms. The molecule has 3 aromatic rings. The number of hydrogen-bond acceptors (Lipinski definition) is 3. The zero-order chi connectivity index (χ0) is 13.8. The lowest BCUT2D eigenvalue weighted by Crippen LogP contribution is -2.22. The SMILES string of the molecule is O=c1c(-c2ccccc2)cncn1Cc1ccccn1. The Morgan fingerprint density at radius 3 is 2.55 bits per heavy atom. The third-order valence-corrected chi connectivity index (χ3v) is 3.04. The molecule has 0 saturated carbocycles. The van der Waals surface area contributed by atoms with E-state index in [0.29, 0.717) is 12.1 Å². The molecule has 20 heavy (non-hydrogen) atoms. The van der Waals surface area contributed by atoms with Crippen molar-refractivity contribution in [1.29, 1.82) is 0 Å². The van der Waals surface area contributed by atoms with Gasteiger partial charge in [0.25, 0.3) is 5.56 Å². The van der Waals surface area contributed by atoms with Crippen LogP contribution in [0.25, 0.3) is 11.1 Å². The molecule has 0 atom stereocenters. The fourth-order valence-electron chi connectivity index (χ4n) is 2.05. The minimum atomic E-state index is -0.0585. The van der Waals surface area contributed by atoms with E-state index in [-0.39, 0.29) is 5.56 Å². The highest BCUT2D eigenvalue weighted by Gasteiger charge is 2.06. The minimum Gasteiger partial charge on any atom is -0.293 e. The third-order valence-electron chi connectivity index (χ3n) is 3.04. The topological polar surface area (TPSA) is 47.8 Å². The van der Waals surface area contributed by atoms with Crippen LogP contribution in [0, 0.1) is 0 Å². The molecule has 1 aromatic carbocycles. The van der Waals surface area contributed by atoms with Gasteiger partial charge in [-0.15, -0.1) is 0 Å². The van der Waals surface area contributed by atoms with E-state index in [1.165, 1.54) is 0 Å². The molecule has 0 radical (unpaired) electrons. The van der Waals surface area contributed by atoms with Crippen molar-refractivity contribution in [2.45, 2.75) is 6.54 Å². The van der Waals surface area contributed by atoms with Crippen LogP contribution in [0.4, 0.5) is 0 Å². The van der Waals surface area contributed by atoms with E-state index in [9.17, 15) is 4.79 Å². The Morgan fingerprint density at radius 2 is 1.80 bits per heavy atom. The number of hydrogen-bond donors (Lipinski definition) is 0. The van der Waals surface area contributed by atoms with E-state index >= 15 is 0 Å². The summed E-state index contributed by atoms with van der Waals surface area (Å²) in [5.41, 5.74) is 2.25. The predicted molar refractivity (Wildman–Crippen MR) is 77.3 cm³/mol. The lowest BCUT2D eigenvalue weighted by Gasteiger charge is -2.07. The van der Waals surface area contributed by atoms with Gasteiger partial charge in [0.2, 0.25) is 0 Å². The van der Waals surface area contributed by atoms with Crippen LogP contribution < -0.4 is 5.56 Å². The van der Waals surface area contributed by atoms with Crippen LogP contribution >= 0.6 is 0 Å². The fourth-order valence-corrected chi connectivity index (χ4v) is 2.05. The molecule has 2 heterocycles. The molecule has 4 nitrogen and oxygen atoms in total. The van der Waals surface area contributed by atoms with Crippen LogP contribution in [0.15, 0.2) is 72.0 Å². The van der Waals surface area contributed by atoms with Crippen molar-refractivity contribution in [2.24, 2.45) is 0 Å². The van der Waals surface area contributed by atoms with Crippen LogP contribution in [0.3, 0.4) is 0 Å². The maximum absolute atomic E-state index is 12.5. The van der Waals surface area contributed by atoms with E-state index in [1.54, 1.807) is 23.3 Å². The van der Waals surface area contributed by atoms with Gasteiger partial charge in [-0.1, -0.05) is 36.4 Å². The second-order valence-corrected chi connectivity index (χ2v) is 4.43. The van der Waals surface area contributed by atoms with Crippen molar-refractivity contribution in [3.05, 3.63) is 83.3 Å². The number of rotatable bonds is 3. The molecule has 0 aliphatic heterocycles. The summed E-state index contributed by atoms with van der Waals surface area (Å²) >= 11 is 0. The molecular weight excluding hydrogens is 250 g/mol. The summed E-state index contributed by atoms with van der Waals surface area (Å²) in [5, 5.41) is 0. The summed E-state index contributed by atoms with van der Waals surface area (Å²) in [7, 11) is 0. The van der Waals surface area contributed by atoms with Gasteiger partial charge in [0.1, 0.15) is 0 Å². The molecule has 0 saturated heterocycles. The average molecular weight is 263 g/mol. The van der Waals surface area contributed by atoms with Crippen LogP contribution in [0.1, 0.15) is 5.69 Å². The standard InChI is InChI=1S/C16H13N3O/c20-16-15(13-6-2-1-3-7-13)10-17-12-19(16)11-14-8-4-5-9-18-14/h1-10,12H,11H2. The second kappa shape index (κ2) is 5.48. The lowest BCUT2D eigenvalue weighted by molar-refractivity contribution is 0.721. The summed E-state index contributed by atoms with van der Waals surface area (Å²) in [6, 6.07) is 15.2. The number of pyridine rings is 1. The molecule has 0 aliphatic carbocycles. The second-order valence-electron chi connectivity index (χ2n) is 4.43. The smallest absolute Gasteiger partial charge is 0.261 e. The third kappa shape index (κ3) is 2.49. The Bertz CT molecular complexity index is 751. The number of benzene rings is 1. The molecule has 98 valence electrons. The van der Waals surface area contributed by atoms with Gasteiger partial charge in [-0.3, -0.25) is 14.3 Å². The van der Waals surface area contributed by atoms with Crippen molar-refractivity contribution >= 4 is 0 Å². The van der Waals surface area contributed by atoms with Gasteiger partial charge in [-0.25, -0.2) is 4.98 Å². The molecule has 0 N–H and O–H groups in total. The van der Waals surface area contributed by atoms with Gasteiger partial charge in [0, 0.05) is 12.4 Å². The summed E-state index contributed by atoms with van der Waals surface area (Å²) in [5.74, 6) is 0. The molecule has 0 amide bonds. The van der Waals surface area contributed by atoms with Gasteiger partial charge in [0.05, 0.1) is 24.1 Å². The Kier molecular flexibility index (Phi) is 3.37. The Balaban J connectivity index is 2.00. The highest BCUT2D eigenvalue weighted by molar-refractivity contribution is 5.60. The van der Waals surface area contributed by atoms with E-state index in [4.69, 9.17) is 0 Å². The van der Waals surface area contributed by atoms with Gasteiger partial charge in [0.15, 0.2) is 0 Å². The first-order valence-electron chi connectivity index (χ1n) is 6.34. The van der Waals surface area contributed by atoms with Crippen molar-refractivity contribution in [1.82, 2.24) is 14.5 Å². The molecule has 0 fully saturated rings. The fraction of sp³-hybridized carbons (Fsp3) is 0.0625. The summed E-state index contributed by atoms with van der Waals surface area (Å²) < 4.78 is 1.57. The highest BCUT2D eigenvalue weighted by atomic mass is 16.1. The Morgan fingerprint density at radius 1 is 1.00 bits per heavy atom. The zero-order valence-corrected chi connectivity index (χ0v) is 10.8. The maximum atomic E-state index is 12.5. The van der Waals surface area contributed by atoms with Crippen LogP contribution in [-0.2, 0) is 6.54 Å². The normalized spacial score (nSPS) is 10.4. The summed E-state index contributed by atoms with van der Waals surface area (Å²) in [6.45, 7) is 0.424. The van der Waals surface area contributed by atoms with Crippen molar-refractivity contribution in [3.8, 4) is 11.1 Å². The number of nitrogens with zero attached hydrogens (tertiary/aromatic N) is 3. The van der Waals surface area contributed by atoms with E-state index in [2.05, 4.69) is 9.97 Å². The van der Waals surface area contributed by atoms with Gasteiger partial charge in [-0.05, 0) is 17.7 Å². The van der Waals surface area contributed by atoms with Crippen LogP contribution in [-0.4, -0.2) is 14.5 Å². The zero-order valence-electron chi connectivity index (χ0n) is 10.8. The average Bonchev–Trinajstić information content (AvgIpc) is 2.51. The first-order valence-corrected chi connectivity index (χ1v) is 6.34. The van der Waals surface area contributed by atoms with Crippen LogP contribution in [0.5, 0.6) is 0 Å². The van der Waals surface area contributed by atoms with Gasteiger partial charge >= 0.3 is 0 Å². The Labute approximate surface area is 116 Å². The van der Waals surface area contributed by atoms with Crippen molar-refractivity contribution in [3.63, 3.8) is 0 Å². The first-order chi connectivity index (χ1) is 9.84. The van der Waals surface area contributed by atoms with E-state index in [0.717, 1.165) is 11.3 Å². The molecular formula is C16H13N3O. The first kappa shape index (κ1) is 12.3. The molecule has 0 bridgehead atoms. The monoisotopic (exact) mass is 263 g/mol. The highest BCUT2D eigenvalue weighted by Crippen LogP contribution is 2.13. The van der Waals surface area contributed by atoms with Gasteiger partial charge < -0.3 is 0 Å². The molecule has 2 aromatic heterocycles. The van der Waals surface area contributed by atoms with Gasteiger partial charge in [-0.2, -0.15) is 0 Å². The molecule has 0 spiro atoms.